The predicted octanol–water partition coefficient (Wildman–Crippen LogP) is 5.02. The second-order valence-electron chi connectivity index (χ2n) is 10.4. The zero-order valence-corrected chi connectivity index (χ0v) is 22.5. The van der Waals surface area contributed by atoms with Crippen molar-refractivity contribution in [3.63, 3.8) is 0 Å². The Kier molecular flexibility index (Phi) is 7.92. The maximum Gasteiger partial charge on any atom is 0.490 e. The summed E-state index contributed by atoms with van der Waals surface area (Å²) in [7, 11) is 4.09. The average Bonchev–Trinajstić information content (AvgIpc) is 3.21. The van der Waals surface area contributed by atoms with Gasteiger partial charge in [-0.2, -0.15) is 13.2 Å². The van der Waals surface area contributed by atoms with Gasteiger partial charge in [0.2, 0.25) is 0 Å². The number of amides is 1. The van der Waals surface area contributed by atoms with Crippen LogP contribution in [0.5, 0.6) is 0 Å². The van der Waals surface area contributed by atoms with Gasteiger partial charge in [0.1, 0.15) is 5.76 Å². The number of hydrogen-bond acceptors (Lipinski definition) is 6. The summed E-state index contributed by atoms with van der Waals surface area (Å²) in [5.41, 5.74) is 4.18. The van der Waals surface area contributed by atoms with Crippen LogP contribution in [-0.4, -0.2) is 77.4 Å². The number of carbonyl (C=O) groups excluding carboxylic acids is 1. The minimum atomic E-state index is -5.08. The number of aromatic nitrogens is 1. The first-order valence-electron chi connectivity index (χ1n) is 12.8. The van der Waals surface area contributed by atoms with Crippen LogP contribution >= 0.6 is 0 Å². The second kappa shape index (κ2) is 10.9. The predicted molar refractivity (Wildman–Crippen MR) is 141 cm³/mol. The summed E-state index contributed by atoms with van der Waals surface area (Å²) in [6.07, 6.45) is -1.77. The normalized spacial score (nSPS) is 19.4. The molecular formula is C28H33F3N4O4. The third-order valence-electron chi connectivity index (χ3n) is 7.75. The third kappa shape index (κ3) is 5.73. The van der Waals surface area contributed by atoms with Gasteiger partial charge < -0.3 is 19.4 Å². The first kappa shape index (κ1) is 28.4. The number of halogens is 3. The van der Waals surface area contributed by atoms with Gasteiger partial charge in [0, 0.05) is 68.0 Å². The lowest BCUT2D eigenvalue weighted by molar-refractivity contribution is -0.192. The highest BCUT2D eigenvalue weighted by Crippen LogP contribution is 2.41. The Morgan fingerprint density at radius 1 is 1.08 bits per heavy atom. The number of carboxylic acids is 1. The zero-order chi connectivity index (χ0) is 28.5. The molecule has 1 aromatic heterocycles. The van der Waals surface area contributed by atoms with E-state index >= 15 is 0 Å². The molecule has 0 saturated carbocycles. The standard InChI is InChI=1S/C26H32N4O2.C2HF3O2/c1-18-23(19(2)32-27-18)16-30-15-13-26(30)12-7-14-29(17-26)25(31)22-10-11-24(28(3)4)21-9-6-5-8-20(21)22;3-2(4,5)1(6)7/h5-6,8-11H,7,12-17H2,1-4H3;(H,6,7). The van der Waals surface area contributed by atoms with Gasteiger partial charge in [-0.05, 0) is 50.6 Å². The van der Waals surface area contributed by atoms with E-state index in [0.717, 1.165) is 78.9 Å². The molecule has 0 bridgehead atoms. The first-order chi connectivity index (χ1) is 18.3. The number of carbonyl (C=O) groups is 2. The lowest BCUT2D eigenvalue weighted by Gasteiger charge is -2.57. The van der Waals surface area contributed by atoms with Gasteiger partial charge in [-0.1, -0.05) is 29.4 Å². The van der Waals surface area contributed by atoms with Crippen LogP contribution in [0.1, 0.15) is 46.6 Å². The Hall–Kier alpha value is -3.60. The molecule has 210 valence electrons. The molecule has 1 spiro atoms. The summed E-state index contributed by atoms with van der Waals surface area (Å²) in [5, 5.41) is 13.4. The maximum atomic E-state index is 13.7. The van der Waals surface area contributed by atoms with E-state index in [1.54, 1.807) is 0 Å². The van der Waals surface area contributed by atoms with Crippen LogP contribution in [0.2, 0.25) is 0 Å². The van der Waals surface area contributed by atoms with Crippen molar-refractivity contribution in [1.82, 2.24) is 15.0 Å². The largest absolute Gasteiger partial charge is 0.490 e. The van der Waals surface area contributed by atoms with Crippen LogP contribution in [0.3, 0.4) is 0 Å². The van der Waals surface area contributed by atoms with Crippen molar-refractivity contribution in [3.8, 4) is 0 Å². The van der Waals surface area contributed by atoms with E-state index in [1.807, 2.05) is 46.1 Å². The molecule has 11 heteroatoms. The number of carboxylic acid groups (broad SMARTS) is 1. The van der Waals surface area contributed by atoms with Gasteiger partial charge in [0.15, 0.2) is 0 Å². The van der Waals surface area contributed by atoms with Gasteiger partial charge >= 0.3 is 12.1 Å². The molecule has 8 nitrogen and oxygen atoms in total. The molecule has 1 N–H and O–H groups in total. The quantitative estimate of drug-likeness (QED) is 0.491. The third-order valence-corrected chi connectivity index (χ3v) is 7.75. The van der Waals surface area contributed by atoms with E-state index in [1.165, 1.54) is 5.56 Å². The smallest absolute Gasteiger partial charge is 0.475 e. The lowest BCUT2D eigenvalue weighted by atomic mass is 9.77. The molecule has 3 heterocycles. The van der Waals surface area contributed by atoms with Crippen LogP contribution in [-0.2, 0) is 11.3 Å². The van der Waals surface area contributed by atoms with Crippen molar-refractivity contribution in [1.29, 1.82) is 0 Å². The molecule has 2 saturated heterocycles. The van der Waals surface area contributed by atoms with Crippen LogP contribution in [0, 0.1) is 13.8 Å². The molecule has 39 heavy (non-hydrogen) atoms. The highest BCUT2D eigenvalue weighted by atomic mass is 19.4. The molecule has 3 aromatic rings. The van der Waals surface area contributed by atoms with Crippen molar-refractivity contribution in [2.75, 3.05) is 38.6 Å². The van der Waals surface area contributed by atoms with E-state index in [-0.39, 0.29) is 11.4 Å². The number of piperidine rings is 1. The Morgan fingerprint density at radius 2 is 1.74 bits per heavy atom. The molecule has 1 amide bonds. The Balaban J connectivity index is 0.000000448. The lowest BCUT2D eigenvalue weighted by Crippen LogP contribution is -2.67. The minimum absolute atomic E-state index is 0.0729. The number of nitrogens with zero attached hydrogens (tertiary/aromatic N) is 4. The number of benzene rings is 2. The highest BCUT2D eigenvalue weighted by molar-refractivity contribution is 6.10. The number of likely N-dealkylation sites (tertiary alicyclic amines) is 2. The minimum Gasteiger partial charge on any atom is -0.475 e. The van der Waals surface area contributed by atoms with Gasteiger partial charge in [0.05, 0.1) is 5.69 Å². The van der Waals surface area contributed by atoms with E-state index < -0.39 is 12.1 Å². The summed E-state index contributed by atoms with van der Waals surface area (Å²) in [6, 6.07) is 12.3. The number of fused-ring (bicyclic) bond motifs is 1. The average molecular weight is 547 g/mol. The summed E-state index contributed by atoms with van der Waals surface area (Å²) in [5.74, 6) is -1.71. The topological polar surface area (TPSA) is 90.1 Å². The van der Waals surface area contributed by atoms with Gasteiger partial charge in [0.25, 0.3) is 5.91 Å². The number of hydrogen-bond donors (Lipinski definition) is 1. The van der Waals surface area contributed by atoms with Crippen molar-refractivity contribution in [2.24, 2.45) is 0 Å². The number of anilines is 1. The molecular weight excluding hydrogens is 513 g/mol. The van der Waals surface area contributed by atoms with Crippen molar-refractivity contribution in [3.05, 3.63) is 59.0 Å². The number of aryl methyl sites for hydroxylation is 2. The Labute approximate surface area is 224 Å². The first-order valence-corrected chi connectivity index (χ1v) is 12.8. The monoisotopic (exact) mass is 546 g/mol. The summed E-state index contributed by atoms with van der Waals surface area (Å²) in [6.45, 7) is 7.52. The molecule has 2 fully saturated rings. The molecule has 2 aliphatic rings. The van der Waals surface area contributed by atoms with Crippen LogP contribution < -0.4 is 4.90 Å². The van der Waals surface area contributed by atoms with Crippen molar-refractivity contribution < 1.29 is 32.4 Å². The molecule has 0 aliphatic carbocycles. The fraction of sp³-hybridized carbons (Fsp3) is 0.464. The summed E-state index contributed by atoms with van der Waals surface area (Å²) < 4.78 is 37.1. The Bertz CT molecular complexity index is 1350. The molecule has 1 atom stereocenters. The molecule has 5 rings (SSSR count). The summed E-state index contributed by atoms with van der Waals surface area (Å²) >= 11 is 0. The van der Waals surface area contributed by atoms with Crippen molar-refractivity contribution in [2.45, 2.75) is 51.4 Å². The fourth-order valence-electron chi connectivity index (χ4n) is 5.53. The molecule has 2 aliphatic heterocycles. The number of aliphatic carboxylic acids is 1. The van der Waals surface area contributed by atoms with Crippen LogP contribution in [0.4, 0.5) is 18.9 Å². The molecule has 2 aromatic carbocycles. The summed E-state index contributed by atoms with van der Waals surface area (Å²) in [4.78, 5) is 29.3. The van der Waals surface area contributed by atoms with Gasteiger partial charge in [-0.3, -0.25) is 9.69 Å². The molecule has 1 unspecified atom stereocenters. The SMILES string of the molecule is Cc1noc(C)c1CN1CCC12CCCN(C(=O)c1ccc(N(C)C)c3ccccc13)C2.O=C(O)C(F)(F)F. The zero-order valence-electron chi connectivity index (χ0n) is 22.5. The number of alkyl halides is 3. The van der Waals surface area contributed by atoms with Crippen molar-refractivity contribution >= 4 is 28.3 Å². The van der Waals surface area contributed by atoms with E-state index in [4.69, 9.17) is 14.4 Å². The van der Waals surface area contributed by atoms with E-state index in [2.05, 4.69) is 38.1 Å². The highest BCUT2D eigenvalue weighted by Gasteiger charge is 2.48. The van der Waals surface area contributed by atoms with Gasteiger partial charge in [-0.15, -0.1) is 0 Å². The maximum absolute atomic E-state index is 13.7. The van der Waals surface area contributed by atoms with E-state index in [9.17, 15) is 18.0 Å². The van der Waals surface area contributed by atoms with Gasteiger partial charge in [-0.25, -0.2) is 4.79 Å². The molecule has 0 radical (unpaired) electrons. The van der Waals surface area contributed by atoms with Crippen LogP contribution in [0.15, 0.2) is 40.9 Å². The fourth-order valence-corrected chi connectivity index (χ4v) is 5.53. The Morgan fingerprint density at radius 3 is 2.28 bits per heavy atom. The second-order valence-corrected chi connectivity index (χ2v) is 10.4. The van der Waals surface area contributed by atoms with Crippen LogP contribution in [0.25, 0.3) is 10.8 Å². The van der Waals surface area contributed by atoms with E-state index in [0.29, 0.717) is 0 Å². The number of rotatable bonds is 4.